The number of benzene rings is 1. The zero-order chi connectivity index (χ0) is 25.9. The van der Waals surface area contributed by atoms with Crippen molar-refractivity contribution in [2.45, 2.75) is 37.1 Å². The van der Waals surface area contributed by atoms with Gasteiger partial charge in [0.05, 0.1) is 17.5 Å². The topological polar surface area (TPSA) is 158 Å². The number of hydrogen-bond acceptors (Lipinski definition) is 8. The first kappa shape index (κ1) is 24.5. The van der Waals surface area contributed by atoms with Crippen molar-refractivity contribution in [2.24, 2.45) is 5.73 Å². The van der Waals surface area contributed by atoms with Crippen molar-refractivity contribution in [2.75, 3.05) is 23.3 Å². The molecule has 1 aliphatic heterocycles. The van der Waals surface area contributed by atoms with Gasteiger partial charge in [-0.05, 0) is 55.5 Å². The van der Waals surface area contributed by atoms with Crippen LogP contribution < -0.4 is 16.0 Å². The number of carbonyl (C=O) groups excluding carboxylic acids is 3. The number of piperidine rings is 1. The second kappa shape index (κ2) is 9.95. The summed E-state index contributed by atoms with van der Waals surface area (Å²) in [5, 5.41) is 20.4. The van der Waals surface area contributed by atoms with Crippen LogP contribution in [0.5, 0.6) is 0 Å². The van der Waals surface area contributed by atoms with Gasteiger partial charge < -0.3 is 16.0 Å². The van der Waals surface area contributed by atoms with Gasteiger partial charge in [0.2, 0.25) is 5.91 Å². The first-order chi connectivity index (χ1) is 17.3. The third-order valence-electron chi connectivity index (χ3n) is 6.45. The molecule has 3 amide bonds. The van der Waals surface area contributed by atoms with Crippen molar-refractivity contribution >= 4 is 35.2 Å². The molecule has 1 aliphatic carbocycles. The maximum atomic E-state index is 12.9. The summed E-state index contributed by atoms with van der Waals surface area (Å²) in [4.78, 5) is 44.4. The molecule has 1 aromatic carbocycles. The van der Waals surface area contributed by atoms with Crippen molar-refractivity contribution in [1.29, 1.82) is 5.26 Å². The van der Waals surface area contributed by atoms with E-state index >= 15 is 0 Å². The highest BCUT2D eigenvalue weighted by Crippen LogP contribution is 2.47. The molecule has 0 bridgehead atoms. The second-order valence-electron chi connectivity index (χ2n) is 8.77. The predicted octanol–water partition coefficient (Wildman–Crippen LogP) is 1.97. The van der Waals surface area contributed by atoms with E-state index in [9.17, 15) is 19.6 Å². The Hall–Kier alpha value is -4.59. The number of nitrogens with one attached hydrogen (secondary N) is 1. The third kappa shape index (κ3) is 4.79. The molecule has 11 heteroatoms. The molecule has 1 saturated heterocycles. The SMILES string of the molecule is C=CC(=O)N1CCC[C@@H](N(C(=O)C=C)c2nnc(C(N)=O)c(Nc3ccc(C4(C#N)CC4)cc3)n2)C1. The lowest BCUT2D eigenvalue weighted by Crippen LogP contribution is -2.52. The first-order valence-corrected chi connectivity index (χ1v) is 11.5. The van der Waals surface area contributed by atoms with Gasteiger partial charge in [-0.25, -0.2) is 0 Å². The fourth-order valence-electron chi connectivity index (χ4n) is 4.31. The molecule has 1 atom stereocenters. The zero-order valence-corrected chi connectivity index (χ0v) is 19.7. The van der Waals surface area contributed by atoms with Crippen LogP contribution in [0.25, 0.3) is 0 Å². The number of likely N-dealkylation sites (tertiary alicyclic amines) is 1. The highest BCUT2D eigenvalue weighted by molar-refractivity contribution is 6.01. The van der Waals surface area contributed by atoms with E-state index in [0.29, 0.717) is 25.1 Å². The molecule has 11 nitrogen and oxygen atoms in total. The standard InChI is InChI=1S/C25H26N8O3/c1-3-19(34)32-13-5-6-18(14-32)33(20(35)4-2)24-29-23(21(22(27)36)30-31-24)28-17-9-7-16(8-10-17)25(15-26)11-12-25/h3-4,7-10,18H,1-2,5-6,11-14H2,(H2,27,36)(H,28,29,31)/t18-/m1/s1. The maximum Gasteiger partial charge on any atom is 0.273 e. The minimum Gasteiger partial charge on any atom is -0.364 e. The Labute approximate surface area is 208 Å². The van der Waals surface area contributed by atoms with E-state index in [1.54, 1.807) is 17.0 Å². The van der Waals surface area contributed by atoms with Gasteiger partial charge in [0, 0.05) is 18.8 Å². The Morgan fingerprint density at radius 3 is 2.50 bits per heavy atom. The summed E-state index contributed by atoms with van der Waals surface area (Å²) in [6.45, 7) is 7.91. The summed E-state index contributed by atoms with van der Waals surface area (Å²) in [5.74, 6) is -1.57. The molecule has 184 valence electrons. The van der Waals surface area contributed by atoms with Crippen LogP contribution in [0.1, 0.15) is 41.7 Å². The average Bonchev–Trinajstić information content (AvgIpc) is 3.70. The van der Waals surface area contributed by atoms with Crippen molar-refractivity contribution in [3.63, 3.8) is 0 Å². The van der Waals surface area contributed by atoms with Gasteiger partial charge in [0.1, 0.15) is 0 Å². The molecule has 4 rings (SSSR count). The quantitative estimate of drug-likeness (QED) is 0.536. The molecule has 0 spiro atoms. The molecule has 36 heavy (non-hydrogen) atoms. The van der Waals surface area contributed by atoms with Gasteiger partial charge in [-0.15, -0.1) is 10.2 Å². The predicted molar refractivity (Wildman–Crippen MR) is 132 cm³/mol. The molecular weight excluding hydrogens is 460 g/mol. The van der Waals surface area contributed by atoms with Gasteiger partial charge in [-0.3, -0.25) is 19.3 Å². The number of hydrogen-bond donors (Lipinski definition) is 2. The summed E-state index contributed by atoms with van der Waals surface area (Å²) in [7, 11) is 0. The van der Waals surface area contributed by atoms with Crippen LogP contribution in [0, 0.1) is 11.3 Å². The van der Waals surface area contributed by atoms with E-state index < -0.39 is 23.3 Å². The van der Waals surface area contributed by atoms with Gasteiger partial charge in [-0.1, -0.05) is 25.3 Å². The number of aromatic nitrogens is 3. The number of nitrogens with zero attached hydrogens (tertiary/aromatic N) is 6. The number of rotatable bonds is 8. The number of nitriles is 1. The summed E-state index contributed by atoms with van der Waals surface area (Å²) < 4.78 is 0. The maximum absolute atomic E-state index is 12.9. The molecule has 2 aromatic rings. The van der Waals surface area contributed by atoms with E-state index in [2.05, 4.69) is 39.7 Å². The van der Waals surface area contributed by atoms with Crippen molar-refractivity contribution < 1.29 is 14.4 Å². The van der Waals surface area contributed by atoms with E-state index in [1.807, 2.05) is 12.1 Å². The van der Waals surface area contributed by atoms with Crippen LogP contribution in [-0.2, 0) is 15.0 Å². The number of nitrogens with two attached hydrogens (primary N) is 1. The molecule has 1 aromatic heterocycles. The smallest absolute Gasteiger partial charge is 0.273 e. The molecule has 2 heterocycles. The number of carbonyl (C=O) groups is 3. The van der Waals surface area contributed by atoms with Gasteiger partial charge in [0.15, 0.2) is 11.5 Å². The van der Waals surface area contributed by atoms with Gasteiger partial charge in [-0.2, -0.15) is 10.2 Å². The number of amides is 3. The van der Waals surface area contributed by atoms with Crippen LogP contribution >= 0.6 is 0 Å². The Bertz CT molecular complexity index is 1260. The Morgan fingerprint density at radius 1 is 1.19 bits per heavy atom. The minimum atomic E-state index is -0.843. The summed E-state index contributed by atoms with van der Waals surface area (Å²) in [5.41, 5.74) is 6.38. The lowest BCUT2D eigenvalue weighted by molar-refractivity contribution is -0.127. The second-order valence-corrected chi connectivity index (χ2v) is 8.77. The number of anilines is 3. The molecule has 1 saturated carbocycles. The zero-order valence-electron chi connectivity index (χ0n) is 19.7. The molecular formula is C25H26N8O3. The van der Waals surface area contributed by atoms with Crippen molar-refractivity contribution in [3.8, 4) is 6.07 Å². The Balaban J connectivity index is 1.65. The van der Waals surface area contributed by atoms with Crippen LogP contribution in [0.15, 0.2) is 49.6 Å². The summed E-state index contributed by atoms with van der Waals surface area (Å²) in [6.07, 6.45) is 5.29. The third-order valence-corrected chi connectivity index (χ3v) is 6.45. The van der Waals surface area contributed by atoms with Crippen LogP contribution in [0.3, 0.4) is 0 Å². The lowest BCUT2D eigenvalue weighted by Gasteiger charge is -2.37. The Kier molecular flexibility index (Phi) is 6.78. The van der Waals surface area contributed by atoms with Crippen LogP contribution in [0.4, 0.5) is 17.5 Å². The lowest BCUT2D eigenvalue weighted by atomic mass is 9.98. The molecule has 2 fully saturated rings. The normalized spacial score (nSPS) is 17.9. The fraction of sp³-hybridized carbons (Fsp3) is 0.320. The van der Waals surface area contributed by atoms with Crippen molar-refractivity contribution in [3.05, 3.63) is 60.8 Å². The Morgan fingerprint density at radius 2 is 1.92 bits per heavy atom. The van der Waals surface area contributed by atoms with E-state index in [0.717, 1.165) is 24.5 Å². The summed E-state index contributed by atoms with van der Waals surface area (Å²) in [6, 6.07) is 9.16. The molecule has 3 N–H and O–H groups in total. The summed E-state index contributed by atoms with van der Waals surface area (Å²) >= 11 is 0. The first-order valence-electron chi connectivity index (χ1n) is 11.5. The van der Waals surface area contributed by atoms with Gasteiger partial charge in [0.25, 0.3) is 17.8 Å². The van der Waals surface area contributed by atoms with Crippen molar-refractivity contribution in [1.82, 2.24) is 20.1 Å². The van der Waals surface area contributed by atoms with Gasteiger partial charge >= 0.3 is 0 Å². The molecule has 0 radical (unpaired) electrons. The minimum absolute atomic E-state index is 0.0263. The molecule has 2 aliphatic rings. The fourth-order valence-corrected chi connectivity index (χ4v) is 4.31. The highest BCUT2D eigenvalue weighted by Gasteiger charge is 2.44. The van der Waals surface area contributed by atoms with Crippen LogP contribution in [-0.4, -0.2) is 56.9 Å². The molecule has 0 unspecified atom stereocenters. The monoisotopic (exact) mass is 486 g/mol. The number of primary amides is 1. The van der Waals surface area contributed by atoms with E-state index in [1.165, 1.54) is 11.0 Å². The average molecular weight is 487 g/mol. The largest absolute Gasteiger partial charge is 0.364 e. The highest BCUT2D eigenvalue weighted by atomic mass is 16.2. The van der Waals surface area contributed by atoms with E-state index in [4.69, 9.17) is 5.73 Å². The van der Waals surface area contributed by atoms with E-state index in [-0.39, 0.29) is 29.9 Å². The van der Waals surface area contributed by atoms with Crippen LogP contribution in [0.2, 0.25) is 0 Å².